The molecule has 0 radical (unpaired) electrons. The van der Waals surface area contributed by atoms with Crippen molar-refractivity contribution in [2.75, 3.05) is 24.7 Å². The van der Waals surface area contributed by atoms with Crippen molar-refractivity contribution in [3.63, 3.8) is 0 Å². The van der Waals surface area contributed by atoms with Gasteiger partial charge < -0.3 is 5.11 Å². The molecule has 8 heteroatoms. The highest BCUT2D eigenvalue weighted by Gasteiger charge is 2.38. The molecule has 1 aliphatic heterocycles. The largest absolute Gasteiger partial charge is 0.395 e. The van der Waals surface area contributed by atoms with E-state index in [1.165, 1.54) is 0 Å². The maximum absolute atomic E-state index is 12.8. The summed E-state index contributed by atoms with van der Waals surface area (Å²) in [4.78, 5) is 0.125. The fourth-order valence-corrected chi connectivity index (χ4v) is 6.23. The number of aliphatic hydroxyl groups is 1. The molecular formula is C15H23NO5S2. The van der Waals surface area contributed by atoms with Gasteiger partial charge in [0.2, 0.25) is 10.0 Å². The predicted molar refractivity (Wildman–Crippen MR) is 88.6 cm³/mol. The maximum atomic E-state index is 12.8. The van der Waals surface area contributed by atoms with Crippen LogP contribution in [-0.4, -0.2) is 56.9 Å². The zero-order valence-corrected chi connectivity index (χ0v) is 15.0. The molecule has 1 N–H and O–H groups in total. The van der Waals surface area contributed by atoms with Gasteiger partial charge in [-0.2, -0.15) is 4.31 Å². The summed E-state index contributed by atoms with van der Waals surface area (Å²) in [5.74, 6) is 0.0952. The van der Waals surface area contributed by atoms with Crippen molar-refractivity contribution >= 4 is 19.9 Å². The number of sulfone groups is 1. The third kappa shape index (κ3) is 4.12. The molecule has 0 spiro atoms. The van der Waals surface area contributed by atoms with E-state index in [2.05, 4.69) is 0 Å². The standard InChI is InChI=1S/C15H23NO5S2/c1-12(2)13-3-5-15(6-4-13)23(20,21)16(8-9-17)14-7-10-22(18,19)11-14/h3-6,12,14,17H,7-11H2,1-2H3/t14-/m0/s1. The van der Waals surface area contributed by atoms with Crippen LogP contribution in [0.4, 0.5) is 0 Å². The first-order valence-corrected chi connectivity index (χ1v) is 10.9. The van der Waals surface area contributed by atoms with E-state index < -0.39 is 25.9 Å². The summed E-state index contributed by atoms with van der Waals surface area (Å²) in [7, 11) is -7.04. The molecule has 6 nitrogen and oxygen atoms in total. The van der Waals surface area contributed by atoms with Crippen LogP contribution in [0, 0.1) is 0 Å². The molecule has 2 rings (SSSR count). The number of aliphatic hydroxyl groups excluding tert-OH is 1. The van der Waals surface area contributed by atoms with Gasteiger partial charge in [-0.15, -0.1) is 0 Å². The lowest BCUT2D eigenvalue weighted by Crippen LogP contribution is -2.42. The first-order valence-electron chi connectivity index (χ1n) is 7.60. The van der Waals surface area contributed by atoms with Gasteiger partial charge in [-0.3, -0.25) is 0 Å². The van der Waals surface area contributed by atoms with Gasteiger partial charge in [-0.1, -0.05) is 26.0 Å². The molecule has 23 heavy (non-hydrogen) atoms. The zero-order valence-electron chi connectivity index (χ0n) is 13.3. The average Bonchev–Trinajstić information content (AvgIpc) is 2.84. The van der Waals surface area contributed by atoms with Gasteiger partial charge in [0, 0.05) is 12.6 Å². The van der Waals surface area contributed by atoms with Crippen molar-refractivity contribution in [1.29, 1.82) is 0 Å². The Kier molecular flexibility index (Phi) is 5.50. The second-order valence-corrected chi connectivity index (χ2v) is 10.2. The fourth-order valence-electron chi connectivity index (χ4n) is 2.76. The Morgan fingerprint density at radius 3 is 2.30 bits per heavy atom. The van der Waals surface area contributed by atoms with Crippen LogP contribution in [0.15, 0.2) is 29.2 Å². The summed E-state index contributed by atoms with van der Waals surface area (Å²) in [5.41, 5.74) is 1.03. The van der Waals surface area contributed by atoms with E-state index in [1.54, 1.807) is 24.3 Å². The summed E-state index contributed by atoms with van der Waals surface area (Å²) in [6, 6.07) is 6.00. The lowest BCUT2D eigenvalue weighted by atomic mass is 10.0. The van der Waals surface area contributed by atoms with E-state index in [0.29, 0.717) is 5.92 Å². The fraction of sp³-hybridized carbons (Fsp3) is 0.600. The Balaban J connectivity index is 2.33. The highest BCUT2D eigenvalue weighted by molar-refractivity contribution is 7.92. The first-order chi connectivity index (χ1) is 10.7. The number of rotatable bonds is 6. The molecule has 0 aromatic heterocycles. The quantitative estimate of drug-likeness (QED) is 0.815. The smallest absolute Gasteiger partial charge is 0.243 e. The minimum Gasteiger partial charge on any atom is -0.395 e. The van der Waals surface area contributed by atoms with Crippen LogP contribution in [0.25, 0.3) is 0 Å². The van der Waals surface area contributed by atoms with Gasteiger partial charge in [0.1, 0.15) is 0 Å². The summed E-state index contributed by atoms with van der Waals surface area (Å²) < 4.78 is 50.1. The average molecular weight is 361 g/mol. The molecule has 1 aliphatic rings. The number of nitrogens with zero attached hydrogens (tertiary/aromatic N) is 1. The Morgan fingerprint density at radius 1 is 1.26 bits per heavy atom. The lowest BCUT2D eigenvalue weighted by molar-refractivity contribution is 0.232. The molecular weight excluding hydrogens is 338 g/mol. The number of hydrogen-bond donors (Lipinski definition) is 1. The second-order valence-electron chi connectivity index (χ2n) is 6.12. The zero-order chi connectivity index (χ0) is 17.3. The molecule has 1 aromatic rings. The summed E-state index contributed by atoms with van der Waals surface area (Å²) in [6.07, 6.45) is 0.269. The summed E-state index contributed by atoms with van der Waals surface area (Å²) in [6.45, 7) is 3.59. The summed E-state index contributed by atoms with van der Waals surface area (Å²) in [5, 5.41) is 9.20. The minimum absolute atomic E-state index is 0.0125. The van der Waals surface area contributed by atoms with Crippen molar-refractivity contribution in [1.82, 2.24) is 4.31 Å². The Hall–Kier alpha value is -0.960. The lowest BCUT2D eigenvalue weighted by Gasteiger charge is -2.26. The third-order valence-electron chi connectivity index (χ3n) is 4.09. The van der Waals surface area contributed by atoms with Crippen molar-refractivity contribution < 1.29 is 21.9 Å². The molecule has 0 aliphatic carbocycles. The Bertz CT molecular complexity index is 739. The number of sulfonamides is 1. The van der Waals surface area contributed by atoms with Gasteiger partial charge in [0.25, 0.3) is 0 Å². The third-order valence-corrected chi connectivity index (χ3v) is 7.81. The number of benzene rings is 1. The molecule has 130 valence electrons. The molecule has 1 atom stereocenters. The highest BCUT2D eigenvalue weighted by Crippen LogP contribution is 2.26. The first kappa shape index (κ1) is 18.4. The molecule has 0 bridgehead atoms. The highest BCUT2D eigenvalue weighted by atomic mass is 32.2. The van der Waals surface area contributed by atoms with Gasteiger partial charge in [0.05, 0.1) is 23.0 Å². The van der Waals surface area contributed by atoms with Crippen LogP contribution >= 0.6 is 0 Å². The van der Waals surface area contributed by atoms with Crippen molar-refractivity contribution in [3.8, 4) is 0 Å². The summed E-state index contributed by atoms with van der Waals surface area (Å²) >= 11 is 0. The molecule has 1 heterocycles. The van der Waals surface area contributed by atoms with E-state index in [9.17, 15) is 21.9 Å². The van der Waals surface area contributed by atoms with Crippen LogP contribution in [-0.2, 0) is 19.9 Å². The normalized spacial score (nSPS) is 21.2. The van der Waals surface area contributed by atoms with Gasteiger partial charge in [-0.05, 0) is 30.0 Å². The molecule has 0 unspecified atom stereocenters. The van der Waals surface area contributed by atoms with E-state index >= 15 is 0 Å². The van der Waals surface area contributed by atoms with E-state index in [0.717, 1.165) is 9.87 Å². The molecule has 1 aromatic carbocycles. The molecule has 1 saturated heterocycles. The number of hydrogen-bond acceptors (Lipinski definition) is 5. The van der Waals surface area contributed by atoms with Crippen molar-refractivity contribution in [3.05, 3.63) is 29.8 Å². The van der Waals surface area contributed by atoms with E-state index in [1.807, 2.05) is 13.8 Å². The minimum atomic E-state index is -3.83. The molecule has 0 saturated carbocycles. The van der Waals surface area contributed by atoms with E-state index in [-0.39, 0.29) is 36.0 Å². The van der Waals surface area contributed by atoms with Crippen LogP contribution < -0.4 is 0 Å². The van der Waals surface area contributed by atoms with Crippen LogP contribution in [0.3, 0.4) is 0 Å². The maximum Gasteiger partial charge on any atom is 0.243 e. The van der Waals surface area contributed by atoms with Crippen molar-refractivity contribution in [2.24, 2.45) is 0 Å². The van der Waals surface area contributed by atoms with Crippen LogP contribution in [0.2, 0.25) is 0 Å². The van der Waals surface area contributed by atoms with Gasteiger partial charge in [0.15, 0.2) is 9.84 Å². The van der Waals surface area contributed by atoms with Crippen LogP contribution in [0.5, 0.6) is 0 Å². The van der Waals surface area contributed by atoms with Crippen molar-refractivity contribution in [2.45, 2.75) is 37.1 Å². The Morgan fingerprint density at radius 2 is 1.87 bits per heavy atom. The predicted octanol–water partition coefficient (Wildman–Crippen LogP) is 0.980. The van der Waals surface area contributed by atoms with E-state index in [4.69, 9.17) is 0 Å². The molecule has 0 amide bonds. The van der Waals surface area contributed by atoms with Gasteiger partial charge in [-0.25, -0.2) is 16.8 Å². The molecule has 1 fully saturated rings. The topological polar surface area (TPSA) is 91.8 Å². The second kappa shape index (κ2) is 6.88. The Labute approximate surface area is 138 Å². The van der Waals surface area contributed by atoms with Gasteiger partial charge >= 0.3 is 0 Å². The monoisotopic (exact) mass is 361 g/mol. The SMILES string of the molecule is CC(C)c1ccc(S(=O)(=O)N(CCO)[C@H]2CCS(=O)(=O)C2)cc1. The van der Waals surface area contributed by atoms with Crippen LogP contribution in [0.1, 0.15) is 31.7 Å².